The van der Waals surface area contributed by atoms with E-state index in [0.29, 0.717) is 5.69 Å². The molecule has 0 aliphatic rings. The quantitative estimate of drug-likeness (QED) is 0.393. The third-order valence-corrected chi connectivity index (χ3v) is 4.13. The number of carboxylic acids is 1. The molecule has 9 nitrogen and oxygen atoms in total. The van der Waals surface area contributed by atoms with Crippen LogP contribution in [0.1, 0.15) is 28.8 Å². The van der Waals surface area contributed by atoms with Crippen LogP contribution in [0.25, 0.3) is 11.0 Å². The Morgan fingerprint density at radius 1 is 1.10 bits per heavy atom. The van der Waals surface area contributed by atoms with Crippen LogP contribution in [0, 0.1) is 5.82 Å². The maximum Gasteiger partial charge on any atom is 0.335 e. The molecule has 158 valence electrons. The number of amides is 2. The lowest BCUT2D eigenvalue weighted by atomic mass is 10.2. The molecule has 1 aromatic heterocycles. The second-order valence-corrected chi connectivity index (χ2v) is 6.39. The summed E-state index contributed by atoms with van der Waals surface area (Å²) in [5.41, 5.74) is 2.20. The zero-order valence-electron chi connectivity index (χ0n) is 15.9. The molecule has 3 aromatic rings. The third-order valence-electron chi connectivity index (χ3n) is 4.13. The Morgan fingerprint density at radius 2 is 1.87 bits per heavy atom. The maximum atomic E-state index is 13.3. The molecular formula is C21H16FN3O6. The minimum absolute atomic E-state index is 0.00875. The number of nitrogens with one attached hydrogen (secondary N) is 2. The van der Waals surface area contributed by atoms with Gasteiger partial charge in [-0.3, -0.25) is 14.4 Å². The number of rotatable bonds is 7. The van der Waals surface area contributed by atoms with E-state index in [9.17, 15) is 23.6 Å². The molecule has 0 saturated carbocycles. The van der Waals surface area contributed by atoms with E-state index in [1.807, 2.05) is 0 Å². The first-order chi connectivity index (χ1) is 14.8. The minimum atomic E-state index is -1.13. The van der Waals surface area contributed by atoms with Crippen molar-refractivity contribution in [2.24, 2.45) is 5.10 Å². The number of carboxylic acid groups (broad SMARTS) is 1. The Morgan fingerprint density at radius 3 is 2.65 bits per heavy atom. The predicted octanol–water partition coefficient (Wildman–Crippen LogP) is 2.50. The van der Waals surface area contributed by atoms with Gasteiger partial charge >= 0.3 is 5.97 Å². The van der Waals surface area contributed by atoms with Gasteiger partial charge in [0, 0.05) is 18.5 Å². The lowest BCUT2D eigenvalue weighted by molar-refractivity contribution is -0.124. The molecule has 3 N–H and O–H groups in total. The summed E-state index contributed by atoms with van der Waals surface area (Å²) >= 11 is 0. The number of nitrogens with zero attached hydrogens (tertiary/aromatic N) is 1. The summed E-state index contributed by atoms with van der Waals surface area (Å²) in [5, 5.41) is 15.1. The molecule has 0 spiro atoms. The van der Waals surface area contributed by atoms with Gasteiger partial charge in [0.15, 0.2) is 0 Å². The van der Waals surface area contributed by atoms with Gasteiger partial charge in [-0.2, -0.15) is 5.10 Å². The van der Waals surface area contributed by atoms with E-state index in [2.05, 4.69) is 15.8 Å². The molecule has 0 atom stereocenters. The Labute approximate surface area is 174 Å². The molecule has 0 aliphatic carbocycles. The van der Waals surface area contributed by atoms with Crippen molar-refractivity contribution < 1.29 is 28.3 Å². The van der Waals surface area contributed by atoms with E-state index in [0.717, 1.165) is 24.6 Å². The van der Waals surface area contributed by atoms with Gasteiger partial charge < -0.3 is 14.8 Å². The van der Waals surface area contributed by atoms with Crippen molar-refractivity contribution in [1.29, 1.82) is 0 Å². The Kier molecular flexibility index (Phi) is 6.51. The standard InChI is InChI=1S/C21H16FN3O6/c22-14-4-5-17-16(9-14)20(28)13(11-31-17)10-23-25-19(27)7-6-18(26)24-15-3-1-2-12(8-15)21(29)30/h1-5,8-11H,6-7H2,(H,24,26)(H,25,27)(H,29,30). The van der Waals surface area contributed by atoms with Gasteiger partial charge in [0.05, 0.1) is 22.7 Å². The monoisotopic (exact) mass is 425 g/mol. The molecule has 2 aromatic carbocycles. The molecule has 10 heteroatoms. The topological polar surface area (TPSA) is 138 Å². The third kappa shape index (κ3) is 5.60. The predicted molar refractivity (Wildman–Crippen MR) is 109 cm³/mol. The SMILES string of the molecule is O=C(CCC(=O)Nc1cccc(C(=O)O)c1)NN=Cc1coc2ccc(F)cc2c1=O. The highest BCUT2D eigenvalue weighted by molar-refractivity contribution is 5.95. The van der Waals surface area contributed by atoms with Gasteiger partial charge in [0.2, 0.25) is 17.2 Å². The van der Waals surface area contributed by atoms with E-state index in [1.165, 1.54) is 30.3 Å². The average Bonchev–Trinajstić information content (AvgIpc) is 2.74. The number of fused-ring (bicyclic) bond motifs is 1. The molecule has 0 fully saturated rings. The van der Waals surface area contributed by atoms with Gasteiger partial charge in [0.25, 0.3) is 0 Å². The van der Waals surface area contributed by atoms with Crippen LogP contribution in [0.5, 0.6) is 0 Å². The Hall–Kier alpha value is -4.34. The van der Waals surface area contributed by atoms with Gasteiger partial charge in [-0.25, -0.2) is 14.6 Å². The van der Waals surface area contributed by atoms with Crippen LogP contribution in [0.2, 0.25) is 0 Å². The van der Waals surface area contributed by atoms with Crippen LogP contribution in [0.15, 0.2) is 63.0 Å². The molecular weight excluding hydrogens is 409 g/mol. The highest BCUT2D eigenvalue weighted by Crippen LogP contribution is 2.13. The van der Waals surface area contributed by atoms with Gasteiger partial charge in [-0.05, 0) is 36.4 Å². The largest absolute Gasteiger partial charge is 0.478 e. The molecule has 0 saturated heterocycles. The lowest BCUT2D eigenvalue weighted by Crippen LogP contribution is -2.21. The number of carbonyl (C=O) groups excluding carboxylic acids is 2. The highest BCUT2D eigenvalue weighted by Gasteiger charge is 2.10. The summed E-state index contributed by atoms with van der Waals surface area (Å²) in [5.74, 6) is -2.78. The second-order valence-electron chi connectivity index (χ2n) is 6.39. The van der Waals surface area contributed by atoms with Gasteiger partial charge in [-0.15, -0.1) is 0 Å². The molecule has 0 bridgehead atoms. The number of halogens is 1. The van der Waals surface area contributed by atoms with E-state index < -0.39 is 29.0 Å². The molecule has 0 radical (unpaired) electrons. The van der Waals surface area contributed by atoms with Crippen molar-refractivity contribution >= 4 is 40.7 Å². The van der Waals surface area contributed by atoms with Crippen molar-refractivity contribution in [3.05, 3.63) is 75.9 Å². The second kappa shape index (κ2) is 9.44. The lowest BCUT2D eigenvalue weighted by Gasteiger charge is -2.05. The normalized spacial score (nSPS) is 10.9. The number of aromatic carboxylic acids is 1. The summed E-state index contributed by atoms with van der Waals surface area (Å²) in [6.07, 6.45) is 1.83. The van der Waals surface area contributed by atoms with Crippen molar-refractivity contribution in [2.75, 3.05) is 5.32 Å². The van der Waals surface area contributed by atoms with Crippen LogP contribution < -0.4 is 16.2 Å². The van der Waals surface area contributed by atoms with Crippen molar-refractivity contribution in [2.45, 2.75) is 12.8 Å². The fraction of sp³-hybridized carbons (Fsp3) is 0.0952. The van der Waals surface area contributed by atoms with E-state index in [-0.39, 0.29) is 34.9 Å². The van der Waals surface area contributed by atoms with Crippen LogP contribution in [-0.2, 0) is 9.59 Å². The summed E-state index contributed by atoms with van der Waals surface area (Å²) in [6.45, 7) is 0. The smallest absolute Gasteiger partial charge is 0.335 e. The first kappa shape index (κ1) is 21.4. The first-order valence-corrected chi connectivity index (χ1v) is 8.99. The number of hydrazone groups is 1. The number of anilines is 1. The fourth-order valence-corrected chi connectivity index (χ4v) is 2.62. The molecule has 31 heavy (non-hydrogen) atoms. The van der Waals surface area contributed by atoms with Crippen molar-refractivity contribution in [3.8, 4) is 0 Å². The van der Waals surface area contributed by atoms with Gasteiger partial charge in [0.1, 0.15) is 17.7 Å². The van der Waals surface area contributed by atoms with E-state index in [4.69, 9.17) is 9.52 Å². The summed E-state index contributed by atoms with van der Waals surface area (Å²) in [6, 6.07) is 9.23. The zero-order chi connectivity index (χ0) is 22.4. The van der Waals surface area contributed by atoms with Crippen molar-refractivity contribution in [3.63, 3.8) is 0 Å². The molecule has 2 amide bonds. The first-order valence-electron chi connectivity index (χ1n) is 8.99. The summed E-state index contributed by atoms with van der Waals surface area (Å²) in [4.78, 5) is 47.0. The zero-order valence-corrected chi connectivity index (χ0v) is 15.9. The molecule has 0 aliphatic heterocycles. The van der Waals surface area contributed by atoms with Crippen LogP contribution in [0.3, 0.4) is 0 Å². The number of carbonyl (C=O) groups is 3. The van der Waals surface area contributed by atoms with Gasteiger partial charge in [-0.1, -0.05) is 6.07 Å². The van der Waals surface area contributed by atoms with E-state index in [1.54, 1.807) is 0 Å². The number of hydrogen-bond acceptors (Lipinski definition) is 6. The minimum Gasteiger partial charge on any atom is -0.478 e. The fourth-order valence-electron chi connectivity index (χ4n) is 2.62. The average molecular weight is 425 g/mol. The number of hydrogen-bond donors (Lipinski definition) is 3. The molecule has 3 rings (SSSR count). The van der Waals surface area contributed by atoms with Crippen LogP contribution >= 0.6 is 0 Å². The summed E-state index contributed by atoms with van der Waals surface area (Å²) in [7, 11) is 0. The van der Waals surface area contributed by atoms with Crippen molar-refractivity contribution in [1.82, 2.24) is 5.43 Å². The maximum absolute atomic E-state index is 13.3. The molecule has 1 heterocycles. The highest BCUT2D eigenvalue weighted by atomic mass is 19.1. The summed E-state index contributed by atoms with van der Waals surface area (Å²) < 4.78 is 18.6. The van der Waals surface area contributed by atoms with Crippen LogP contribution in [-0.4, -0.2) is 29.1 Å². The Balaban J connectivity index is 1.53. The van der Waals surface area contributed by atoms with Crippen LogP contribution in [0.4, 0.5) is 10.1 Å². The molecule has 0 unspecified atom stereocenters. The number of benzene rings is 2. The van der Waals surface area contributed by atoms with E-state index >= 15 is 0 Å². The Bertz CT molecular complexity index is 1250.